The van der Waals surface area contributed by atoms with Crippen molar-refractivity contribution in [3.05, 3.63) is 264 Å². The van der Waals surface area contributed by atoms with Gasteiger partial charge in [0.2, 0.25) is 0 Å². The number of rotatable bonds is 6. The molecule has 0 saturated carbocycles. The second-order valence-corrected chi connectivity index (χ2v) is 20.8. The summed E-state index contributed by atoms with van der Waals surface area (Å²) < 4.78 is 0. The monoisotopic (exact) mass is 958 g/mol. The van der Waals surface area contributed by atoms with Gasteiger partial charge in [-0.05, 0) is 150 Å². The van der Waals surface area contributed by atoms with E-state index in [2.05, 4.69) is 231 Å². The molecule has 0 saturated heterocycles. The summed E-state index contributed by atoms with van der Waals surface area (Å²) in [5.74, 6) is 0. The van der Waals surface area contributed by atoms with Crippen molar-refractivity contribution in [2.24, 2.45) is 0 Å². The standard InChI is InChI=1S/C71H50N4/c1-71(2,3)60-37-58-32-34-63-67-43-68(64-35-33-59(38-60)69(58)70(63)64)75(62-19-11-17-53(40-62)51-26-22-47(45-73)23-27-51)66-42-55(49-14-8-5-9-15-49)29-31-57(66)36-56-30-28-54(48-12-6-4-7-13-48)41-65(56)74(67)61-18-10-16-52(39-61)50-24-20-46(44-72)21-25-50/h4-35,37-43H,36H2,1-3H3. The van der Waals surface area contributed by atoms with Gasteiger partial charge in [-0.3, -0.25) is 0 Å². The molecule has 0 aliphatic carbocycles. The largest absolute Gasteiger partial charge is 0.309 e. The van der Waals surface area contributed by atoms with Crippen LogP contribution in [0, 0.1) is 22.7 Å². The fourth-order valence-electron chi connectivity index (χ4n) is 11.3. The van der Waals surface area contributed by atoms with Gasteiger partial charge in [-0.1, -0.05) is 191 Å². The fraction of sp³-hybridized carbons (Fsp3) is 0.0704. The van der Waals surface area contributed by atoms with Crippen molar-refractivity contribution in [2.45, 2.75) is 32.6 Å². The predicted molar refractivity (Wildman–Crippen MR) is 312 cm³/mol. The Hall–Kier alpha value is -9.74. The Bertz CT molecular complexity index is 3990. The summed E-state index contributed by atoms with van der Waals surface area (Å²) in [6.07, 6.45) is 0.641. The predicted octanol–water partition coefficient (Wildman–Crippen LogP) is 19.1. The number of nitriles is 2. The van der Waals surface area contributed by atoms with Crippen molar-refractivity contribution >= 4 is 66.4 Å². The summed E-state index contributed by atoms with van der Waals surface area (Å²) >= 11 is 0. The summed E-state index contributed by atoms with van der Waals surface area (Å²) in [4.78, 5) is 5.03. The second-order valence-electron chi connectivity index (χ2n) is 20.8. The molecule has 354 valence electrons. The van der Waals surface area contributed by atoms with Crippen molar-refractivity contribution in [1.82, 2.24) is 0 Å². The highest BCUT2D eigenvalue weighted by Gasteiger charge is 2.30. The van der Waals surface area contributed by atoms with Crippen LogP contribution in [0.15, 0.2) is 237 Å². The SMILES string of the molecule is CC(C)(C)c1cc2ccc3c4cc(c5ccc(c1)c2c35)N(c1cccc(-c2ccc(C#N)cc2)c1)c1cc(-c2ccccc2)ccc1Cc1ccc(-c2ccccc2)cc1N4c1cccc(-c2ccc(C#N)cc2)c1. The Kier molecular flexibility index (Phi) is 10.9. The average molecular weight is 959 g/mol. The molecule has 13 rings (SSSR count). The van der Waals surface area contributed by atoms with Crippen molar-refractivity contribution in [2.75, 3.05) is 9.80 Å². The van der Waals surface area contributed by atoms with Crippen LogP contribution >= 0.6 is 0 Å². The van der Waals surface area contributed by atoms with Gasteiger partial charge in [-0.25, -0.2) is 0 Å². The molecule has 1 aliphatic heterocycles. The number of benzene rings is 12. The molecule has 1 aliphatic rings. The first-order chi connectivity index (χ1) is 36.7. The maximum atomic E-state index is 9.74. The third kappa shape index (κ3) is 8.02. The zero-order valence-corrected chi connectivity index (χ0v) is 42.0. The Balaban J connectivity index is 1.18. The highest BCUT2D eigenvalue weighted by molar-refractivity contribution is 6.29. The van der Waals surface area contributed by atoms with Gasteiger partial charge >= 0.3 is 0 Å². The zero-order chi connectivity index (χ0) is 50.8. The lowest BCUT2D eigenvalue weighted by Gasteiger charge is -2.36. The molecular formula is C71H50N4. The minimum Gasteiger partial charge on any atom is -0.309 e. The molecule has 1 heterocycles. The Morgan fingerprint density at radius 2 is 0.747 bits per heavy atom. The molecule has 0 fully saturated rings. The van der Waals surface area contributed by atoms with Gasteiger partial charge in [0.05, 0.1) is 46.0 Å². The van der Waals surface area contributed by atoms with Gasteiger partial charge in [0.25, 0.3) is 0 Å². The maximum Gasteiger partial charge on any atom is 0.0991 e. The van der Waals surface area contributed by atoms with Gasteiger partial charge in [0, 0.05) is 34.0 Å². The van der Waals surface area contributed by atoms with Crippen molar-refractivity contribution in [1.29, 1.82) is 10.5 Å². The van der Waals surface area contributed by atoms with E-state index in [1.165, 1.54) is 38.2 Å². The Morgan fingerprint density at radius 3 is 1.17 bits per heavy atom. The third-order valence-electron chi connectivity index (χ3n) is 15.2. The molecule has 4 heteroatoms. The van der Waals surface area contributed by atoms with Crippen LogP contribution in [0.2, 0.25) is 0 Å². The van der Waals surface area contributed by atoms with E-state index in [1.54, 1.807) is 0 Å². The van der Waals surface area contributed by atoms with Crippen LogP contribution in [0.1, 0.15) is 48.6 Å². The number of fused-ring (bicyclic) bond motifs is 6. The summed E-state index contributed by atoms with van der Waals surface area (Å²) in [6, 6.07) is 90.2. The first-order valence-corrected chi connectivity index (χ1v) is 25.6. The number of hydrogen-bond donors (Lipinski definition) is 0. The van der Waals surface area contributed by atoms with Crippen molar-refractivity contribution < 1.29 is 0 Å². The number of hydrogen-bond acceptors (Lipinski definition) is 4. The van der Waals surface area contributed by atoms with Crippen LogP contribution in [0.4, 0.5) is 34.1 Å². The molecule has 12 aromatic carbocycles. The van der Waals surface area contributed by atoms with E-state index in [0.29, 0.717) is 17.5 Å². The van der Waals surface area contributed by atoms with E-state index in [-0.39, 0.29) is 5.41 Å². The summed E-state index contributed by atoms with van der Waals surface area (Å²) in [5.41, 5.74) is 20.0. The topological polar surface area (TPSA) is 54.1 Å². The van der Waals surface area contributed by atoms with Crippen LogP contribution in [-0.2, 0) is 11.8 Å². The molecular weight excluding hydrogens is 909 g/mol. The van der Waals surface area contributed by atoms with Gasteiger partial charge in [-0.15, -0.1) is 0 Å². The van der Waals surface area contributed by atoms with E-state index >= 15 is 0 Å². The van der Waals surface area contributed by atoms with Crippen LogP contribution in [0.25, 0.3) is 76.8 Å². The zero-order valence-electron chi connectivity index (χ0n) is 42.0. The van der Waals surface area contributed by atoms with E-state index in [4.69, 9.17) is 0 Å². The van der Waals surface area contributed by atoms with E-state index in [0.717, 1.165) is 89.4 Å². The molecule has 2 bridgehead atoms. The molecule has 0 atom stereocenters. The lowest BCUT2D eigenvalue weighted by atomic mass is 9.83. The minimum absolute atomic E-state index is 0.0500. The normalized spacial score (nSPS) is 12.3. The Labute approximate surface area is 438 Å². The first-order valence-electron chi connectivity index (χ1n) is 25.6. The van der Waals surface area contributed by atoms with Crippen molar-refractivity contribution in [3.8, 4) is 56.6 Å². The molecule has 4 nitrogen and oxygen atoms in total. The molecule has 0 N–H and O–H groups in total. The summed E-state index contributed by atoms with van der Waals surface area (Å²) in [7, 11) is 0. The van der Waals surface area contributed by atoms with Gasteiger partial charge < -0.3 is 9.80 Å². The highest BCUT2D eigenvalue weighted by Crippen LogP contribution is 2.54. The minimum atomic E-state index is -0.0500. The van der Waals surface area contributed by atoms with Gasteiger partial charge in [0.15, 0.2) is 0 Å². The van der Waals surface area contributed by atoms with Crippen LogP contribution in [-0.4, -0.2) is 0 Å². The average Bonchev–Trinajstić information content (AvgIpc) is 3.46. The van der Waals surface area contributed by atoms with Crippen LogP contribution in [0.5, 0.6) is 0 Å². The number of nitrogens with zero attached hydrogens (tertiary/aromatic N) is 4. The Morgan fingerprint density at radius 1 is 0.347 bits per heavy atom. The maximum absolute atomic E-state index is 9.74. The fourth-order valence-corrected chi connectivity index (χ4v) is 11.3. The molecule has 12 aromatic rings. The second kappa shape index (κ2) is 18.1. The van der Waals surface area contributed by atoms with Crippen LogP contribution < -0.4 is 9.80 Å². The van der Waals surface area contributed by atoms with E-state index in [1.807, 2.05) is 48.5 Å². The molecule has 0 radical (unpaired) electrons. The quantitative estimate of drug-likeness (QED) is 0.156. The molecule has 0 unspecified atom stereocenters. The smallest absolute Gasteiger partial charge is 0.0991 e. The van der Waals surface area contributed by atoms with Crippen molar-refractivity contribution in [3.63, 3.8) is 0 Å². The lowest BCUT2D eigenvalue weighted by molar-refractivity contribution is 0.591. The molecule has 0 aromatic heterocycles. The van der Waals surface area contributed by atoms with Gasteiger partial charge in [0.1, 0.15) is 0 Å². The highest BCUT2D eigenvalue weighted by atomic mass is 15.2. The molecule has 0 spiro atoms. The number of anilines is 6. The van der Waals surface area contributed by atoms with Gasteiger partial charge in [-0.2, -0.15) is 10.5 Å². The molecule has 75 heavy (non-hydrogen) atoms. The molecule has 0 amide bonds. The first kappa shape index (κ1) is 45.1. The summed E-state index contributed by atoms with van der Waals surface area (Å²) in [5, 5.41) is 26.7. The third-order valence-corrected chi connectivity index (χ3v) is 15.2. The van der Waals surface area contributed by atoms with E-state index < -0.39 is 0 Å². The summed E-state index contributed by atoms with van der Waals surface area (Å²) in [6.45, 7) is 6.89. The lowest BCUT2D eigenvalue weighted by Crippen LogP contribution is -2.19. The van der Waals surface area contributed by atoms with Crippen LogP contribution in [0.3, 0.4) is 0 Å². The van der Waals surface area contributed by atoms with E-state index in [9.17, 15) is 10.5 Å².